The van der Waals surface area contributed by atoms with Crippen molar-refractivity contribution in [3.63, 3.8) is 0 Å². The molecule has 17 heavy (non-hydrogen) atoms. The SMILES string of the molecule is CN1CC(CN)CC1c1cccc2occc12. The molecule has 1 aliphatic rings. The summed E-state index contributed by atoms with van der Waals surface area (Å²) in [6.07, 6.45) is 2.92. The van der Waals surface area contributed by atoms with Crippen molar-refractivity contribution in [2.45, 2.75) is 12.5 Å². The Hall–Kier alpha value is -1.32. The van der Waals surface area contributed by atoms with Crippen molar-refractivity contribution in [2.75, 3.05) is 20.1 Å². The fourth-order valence-corrected chi connectivity index (χ4v) is 2.95. The van der Waals surface area contributed by atoms with E-state index in [1.807, 2.05) is 6.07 Å². The summed E-state index contributed by atoms with van der Waals surface area (Å²) in [4.78, 5) is 2.40. The second-order valence-electron chi connectivity index (χ2n) is 4.97. The van der Waals surface area contributed by atoms with Gasteiger partial charge in [-0.25, -0.2) is 0 Å². The lowest BCUT2D eigenvalue weighted by molar-refractivity contribution is 0.315. The van der Waals surface area contributed by atoms with Gasteiger partial charge in [-0.15, -0.1) is 0 Å². The van der Waals surface area contributed by atoms with Gasteiger partial charge in [0.25, 0.3) is 0 Å². The zero-order valence-electron chi connectivity index (χ0n) is 10.1. The van der Waals surface area contributed by atoms with Crippen molar-refractivity contribution in [2.24, 2.45) is 11.7 Å². The van der Waals surface area contributed by atoms with Gasteiger partial charge in [0.2, 0.25) is 0 Å². The molecule has 0 spiro atoms. The highest BCUT2D eigenvalue weighted by atomic mass is 16.3. The van der Waals surface area contributed by atoms with Gasteiger partial charge in [-0.3, -0.25) is 4.90 Å². The minimum absolute atomic E-state index is 0.477. The molecule has 2 atom stereocenters. The number of benzene rings is 1. The van der Waals surface area contributed by atoms with Crippen LogP contribution >= 0.6 is 0 Å². The molecule has 2 heterocycles. The van der Waals surface area contributed by atoms with Crippen LogP contribution in [0, 0.1) is 5.92 Å². The van der Waals surface area contributed by atoms with Crippen LogP contribution in [0.4, 0.5) is 0 Å². The zero-order chi connectivity index (χ0) is 11.8. The number of furan rings is 1. The quantitative estimate of drug-likeness (QED) is 0.861. The van der Waals surface area contributed by atoms with Gasteiger partial charge in [-0.05, 0) is 43.6 Å². The molecule has 1 saturated heterocycles. The Morgan fingerprint density at radius 2 is 2.29 bits per heavy atom. The van der Waals surface area contributed by atoms with Gasteiger partial charge < -0.3 is 10.2 Å². The van der Waals surface area contributed by atoms with Gasteiger partial charge >= 0.3 is 0 Å². The third-order valence-electron chi connectivity index (χ3n) is 3.86. The molecular weight excluding hydrogens is 212 g/mol. The van der Waals surface area contributed by atoms with E-state index < -0.39 is 0 Å². The molecule has 1 aromatic carbocycles. The van der Waals surface area contributed by atoms with E-state index in [0.717, 1.165) is 25.1 Å². The molecular formula is C14H18N2O. The number of hydrogen-bond acceptors (Lipinski definition) is 3. The van der Waals surface area contributed by atoms with Crippen LogP contribution in [-0.4, -0.2) is 25.0 Å². The predicted molar refractivity (Wildman–Crippen MR) is 68.7 cm³/mol. The average molecular weight is 230 g/mol. The first-order valence-electron chi connectivity index (χ1n) is 6.16. The summed E-state index contributed by atoms with van der Waals surface area (Å²) in [5.41, 5.74) is 8.13. The van der Waals surface area contributed by atoms with Gasteiger partial charge in [0.15, 0.2) is 0 Å². The summed E-state index contributed by atoms with van der Waals surface area (Å²) in [6.45, 7) is 1.87. The molecule has 0 aliphatic carbocycles. The Bertz CT molecular complexity index is 520. The van der Waals surface area contributed by atoms with E-state index in [2.05, 4.69) is 30.1 Å². The Balaban J connectivity index is 2.01. The molecule has 0 saturated carbocycles. The lowest BCUT2D eigenvalue weighted by Gasteiger charge is -2.20. The summed E-state index contributed by atoms with van der Waals surface area (Å²) in [5.74, 6) is 0.618. The average Bonchev–Trinajstić information content (AvgIpc) is 2.94. The van der Waals surface area contributed by atoms with E-state index in [9.17, 15) is 0 Å². The van der Waals surface area contributed by atoms with E-state index in [4.69, 9.17) is 10.2 Å². The molecule has 1 aliphatic heterocycles. The fraction of sp³-hybridized carbons (Fsp3) is 0.429. The monoisotopic (exact) mass is 230 g/mol. The lowest BCUT2D eigenvalue weighted by Crippen LogP contribution is -2.20. The number of hydrogen-bond donors (Lipinski definition) is 1. The van der Waals surface area contributed by atoms with Gasteiger partial charge in [0, 0.05) is 18.0 Å². The highest BCUT2D eigenvalue weighted by Crippen LogP contribution is 2.37. The number of nitrogens with zero attached hydrogens (tertiary/aromatic N) is 1. The van der Waals surface area contributed by atoms with E-state index in [-0.39, 0.29) is 0 Å². The lowest BCUT2D eigenvalue weighted by atomic mass is 9.97. The first-order valence-corrected chi connectivity index (χ1v) is 6.16. The molecule has 3 heteroatoms. The maximum atomic E-state index is 5.78. The van der Waals surface area contributed by atoms with Crippen LogP contribution in [0.3, 0.4) is 0 Å². The molecule has 0 bridgehead atoms. The van der Waals surface area contributed by atoms with E-state index in [1.165, 1.54) is 10.9 Å². The van der Waals surface area contributed by atoms with E-state index in [0.29, 0.717) is 12.0 Å². The molecule has 0 amide bonds. The van der Waals surface area contributed by atoms with Gasteiger partial charge in [0.05, 0.1) is 6.26 Å². The summed E-state index contributed by atoms with van der Waals surface area (Å²) >= 11 is 0. The van der Waals surface area contributed by atoms with Crippen LogP contribution in [-0.2, 0) is 0 Å². The molecule has 3 rings (SSSR count). The van der Waals surface area contributed by atoms with Crippen LogP contribution in [0.5, 0.6) is 0 Å². The van der Waals surface area contributed by atoms with E-state index in [1.54, 1.807) is 6.26 Å². The fourth-order valence-electron chi connectivity index (χ4n) is 2.95. The van der Waals surface area contributed by atoms with Crippen molar-refractivity contribution >= 4 is 11.0 Å². The minimum atomic E-state index is 0.477. The number of rotatable bonds is 2. The molecule has 2 unspecified atom stereocenters. The molecule has 1 aromatic heterocycles. The Labute approximate surface area is 101 Å². The maximum absolute atomic E-state index is 5.78. The standard InChI is InChI=1S/C14H18N2O/c1-16-9-10(8-15)7-13(16)11-3-2-4-14-12(11)5-6-17-14/h2-6,10,13H,7-9,15H2,1H3. The largest absolute Gasteiger partial charge is 0.464 e. The van der Waals surface area contributed by atoms with Crippen molar-refractivity contribution in [3.8, 4) is 0 Å². The minimum Gasteiger partial charge on any atom is -0.464 e. The molecule has 0 radical (unpaired) electrons. The molecule has 3 nitrogen and oxygen atoms in total. The van der Waals surface area contributed by atoms with Crippen LogP contribution in [0.1, 0.15) is 18.0 Å². The predicted octanol–water partition coefficient (Wildman–Crippen LogP) is 2.38. The van der Waals surface area contributed by atoms with Crippen LogP contribution in [0.2, 0.25) is 0 Å². The molecule has 2 N–H and O–H groups in total. The van der Waals surface area contributed by atoms with E-state index >= 15 is 0 Å². The normalized spacial score (nSPS) is 25.8. The zero-order valence-corrected chi connectivity index (χ0v) is 10.1. The maximum Gasteiger partial charge on any atom is 0.134 e. The second kappa shape index (κ2) is 4.17. The Morgan fingerprint density at radius 1 is 1.41 bits per heavy atom. The van der Waals surface area contributed by atoms with Gasteiger partial charge in [-0.1, -0.05) is 12.1 Å². The smallest absolute Gasteiger partial charge is 0.134 e. The second-order valence-corrected chi connectivity index (χ2v) is 4.97. The highest BCUT2D eigenvalue weighted by Gasteiger charge is 2.30. The molecule has 1 fully saturated rings. The number of nitrogens with two attached hydrogens (primary N) is 1. The summed E-state index contributed by atoms with van der Waals surface area (Å²) in [6, 6.07) is 8.84. The number of fused-ring (bicyclic) bond motifs is 1. The Kier molecular flexibility index (Phi) is 2.65. The Morgan fingerprint density at radius 3 is 3.06 bits per heavy atom. The van der Waals surface area contributed by atoms with Crippen LogP contribution in [0.15, 0.2) is 34.9 Å². The van der Waals surface area contributed by atoms with Crippen molar-refractivity contribution < 1.29 is 4.42 Å². The van der Waals surface area contributed by atoms with Crippen LogP contribution < -0.4 is 5.73 Å². The summed E-state index contributed by atoms with van der Waals surface area (Å²) < 4.78 is 5.46. The van der Waals surface area contributed by atoms with Gasteiger partial charge in [0.1, 0.15) is 5.58 Å². The first kappa shape index (κ1) is 10.8. The van der Waals surface area contributed by atoms with Crippen molar-refractivity contribution in [1.29, 1.82) is 0 Å². The van der Waals surface area contributed by atoms with Crippen molar-refractivity contribution in [3.05, 3.63) is 36.1 Å². The molecule has 90 valence electrons. The third-order valence-corrected chi connectivity index (χ3v) is 3.86. The topological polar surface area (TPSA) is 42.4 Å². The summed E-state index contributed by atoms with van der Waals surface area (Å²) in [7, 11) is 2.18. The summed E-state index contributed by atoms with van der Waals surface area (Å²) in [5, 5.41) is 1.24. The highest BCUT2D eigenvalue weighted by molar-refractivity contribution is 5.81. The van der Waals surface area contributed by atoms with Crippen molar-refractivity contribution in [1.82, 2.24) is 4.90 Å². The third kappa shape index (κ3) is 1.75. The number of likely N-dealkylation sites (tertiary alicyclic amines) is 1. The molecule has 2 aromatic rings. The first-order chi connectivity index (χ1) is 8.29. The van der Waals surface area contributed by atoms with Crippen LogP contribution in [0.25, 0.3) is 11.0 Å². The van der Waals surface area contributed by atoms with Gasteiger partial charge in [-0.2, -0.15) is 0 Å².